The van der Waals surface area contributed by atoms with Crippen LogP contribution in [0.1, 0.15) is 30.1 Å². The number of thiazole rings is 1. The molecule has 0 unspecified atom stereocenters. The monoisotopic (exact) mass is 528 g/mol. The van der Waals surface area contributed by atoms with Crippen LogP contribution >= 0.6 is 23.6 Å². The van der Waals surface area contributed by atoms with E-state index in [-0.39, 0.29) is 22.3 Å². The quantitative estimate of drug-likeness (QED) is 0.237. The third-order valence-corrected chi connectivity index (χ3v) is 6.52. The van der Waals surface area contributed by atoms with Crippen LogP contribution < -0.4 is 20.9 Å². The number of hydrogen-bond donors (Lipinski definition) is 3. The smallest absolute Gasteiger partial charge is 0.270 e. The first-order chi connectivity index (χ1) is 17.3. The van der Waals surface area contributed by atoms with Gasteiger partial charge in [-0.1, -0.05) is 18.3 Å². The average Bonchev–Trinajstić information content (AvgIpc) is 3.25. The highest BCUT2D eigenvalue weighted by Crippen LogP contribution is 2.29. The minimum Gasteiger partial charge on any atom is -0.378 e. The second kappa shape index (κ2) is 11.4. The second-order valence-electron chi connectivity index (χ2n) is 7.97. The molecule has 188 valence electrons. The number of fused-ring (bicyclic) bond motifs is 1. The summed E-state index contributed by atoms with van der Waals surface area (Å²) in [6, 6.07) is 9.55. The number of nitrogens with one attached hydrogen (secondary N) is 3. The third kappa shape index (κ3) is 6.11. The number of nitrogens with zero attached hydrogens (tertiary/aromatic N) is 3. The molecule has 2 aromatic carbocycles. The lowest BCUT2D eigenvalue weighted by Gasteiger charge is -2.30. The first kappa shape index (κ1) is 25.4. The lowest BCUT2D eigenvalue weighted by Crippen LogP contribution is -2.39. The van der Waals surface area contributed by atoms with Gasteiger partial charge in [0, 0.05) is 37.3 Å². The Labute approximate surface area is 216 Å². The van der Waals surface area contributed by atoms with Crippen LogP contribution in [0.25, 0.3) is 10.2 Å². The van der Waals surface area contributed by atoms with Gasteiger partial charge in [0.1, 0.15) is 0 Å². The highest BCUT2D eigenvalue weighted by molar-refractivity contribution is 7.80. The van der Waals surface area contributed by atoms with Gasteiger partial charge in [-0.15, -0.1) is 0 Å². The molecule has 0 spiro atoms. The number of carbonyl (C=O) groups excluding carboxylic acids is 2. The summed E-state index contributed by atoms with van der Waals surface area (Å²) in [6.07, 6.45) is 1.17. The number of ether oxygens (including phenoxy) is 1. The number of aromatic nitrogens is 1. The lowest BCUT2D eigenvalue weighted by atomic mass is 10.1. The molecule has 2 amide bonds. The predicted octanol–water partition coefficient (Wildman–Crippen LogP) is 3.91. The molecule has 1 aromatic heterocycles. The van der Waals surface area contributed by atoms with Crippen molar-refractivity contribution < 1.29 is 19.2 Å². The van der Waals surface area contributed by atoms with Crippen LogP contribution in [0.5, 0.6) is 0 Å². The Morgan fingerprint density at radius 2 is 1.97 bits per heavy atom. The van der Waals surface area contributed by atoms with E-state index in [1.165, 1.54) is 23.5 Å². The molecule has 4 rings (SSSR count). The van der Waals surface area contributed by atoms with Crippen LogP contribution in [0.3, 0.4) is 0 Å². The van der Waals surface area contributed by atoms with Gasteiger partial charge in [-0.2, -0.15) is 0 Å². The van der Waals surface area contributed by atoms with Gasteiger partial charge in [0.2, 0.25) is 5.91 Å². The van der Waals surface area contributed by atoms with E-state index in [2.05, 4.69) is 20.9 Å². The number of hydrogen-bond acceptors (Lipinski definition) is 9. The van der Waals surface area contributed by atoms with Crippen LogP contribution in [0.15, 0.2) is 36.4 Å². The molecule has 1 saturated heterocycles. The van der Waals surface area contributed by atoms with E-state index in [0.29, 0.717) is 49.2 Å². The lowest BCUT2D eigenvalue weighted by molar-refractivity contribution is -0.384. The van der Waals surface area contributed by atoms with Gasteiger partial charge in [0.05, 0.1) is 39.6 Å². The fraction of sp³-hybridized carbons (Fsp3) is 0.304. The number of carbonyl (C=O) groups is 2. The van der Waals surface area contributed by atoms with E-state index in [1.54, 1.807) is 18.2 Å². The van der Waals surface area contributed by atoms with Crippen molar-refractivity contribution in [1.29, 1.82) is 0 Å². The van der Waals surface area contributed by atoms with Crippen LogP contribution in [-0.4, -0.2) is 53.1 Å². The first-order valence-electron chi connectivity index (χ1n) is 11.3. The van der Waals surface area contributed by atoms with Crippen molar-refractivity contribution in [2.75, 3.05) is 41.8 Å². The maximum Gasteiger partial charge on any atom is 0.270 e. The molecule has 1 aliphatic rings. The molecular formula is C23H24N6O5S2. The highest BCUT2D eigenvalue weighted by atomic mass is 32.1. The molecule has 3 aromatic rings. The summed E-state index contributed by atoms with van der Waals surface area (Å²) in [4.78, 5) is 42.1. The standard InChI is InChI=1S/C23H24N6O5S2/c1-2-3-20(30)26-23-25-17-6-4-14(12-19(17)36-23)24-22(35)27-21(31)16-13-15(29(32)33)5-7-18(16)28-8-10-34-11-9-28/h4-7,12-13H,2-3,8-11H2,1H3,(H,25,26,30)(H2,24,27,31,35). The summed E-state index contributed by atoms with van der Waals surface area (Å²) in [6.45, 7) is 4.07. The van der Waals surface area contributed by atoms with Crippen LogP contribution in [-0.2, 0) is 9.53 Å². The van der Waals surface area contributed by atoms with Crippen molar-refractivity contribution in [3.63, 3.8) is 0 Å². The minimum atomic E-state index is -0.558. The fourth-order valence-corrected chi connectivity index (χ4v) is 4.83. The molecular weight excluding hydrogens is 504 g/mol. The second-order valence-corrected chi connectivity index (χ2v) is 9.40. The van der Waals surface area contributed by atoms with Crippen molar-refractivity contribution in [1.82, 2.24) is 10.3 Å². The van der Waals surface area contributed by atoms with E-state index in [4.69, 9.17) is 17.0 Å². The van der Waals surface area contributed by atoms with Crippen LogP contribution in [0, 0.1) is 10.1 Å². The number of thiocarbonyl (C=S) groups is 1. The Morgan fingerprint density at radius 1 is 1.19 bits per heavy atom. The summed E-state index contributed by atoms with van der Waals surface area (Å²) in [5, 5.41) is 20.2. The van der Waals surface area contributed by atoms with Gasteiger partial charge in [-0.05, 0) is 42.9 Å². The topological polar surface area (TPSA) is 139 Å². The van der Waals surface area contributed by atoms with Gasteiger partial charge in [-0.25, -0.2) is 4.98 Å². The number of rotatable bonds is 7. The van der Waals surface area contributed by atoms with Gasteiger partial charge in [-0.3, -0.25) is 25.0 Å². The number of anilines is 3. The average molecular weight is 529 g/mol. The van der Waals surface area contributed by atoms with Gasteiger partial charge >= 0.3 is 0 Å². The SMILES string of the molecule is CCCC(=O)Nc1nc2ccc(NC(=S)NC(=O)c3cc([N+](=O)[O-])ccc3N3CCOCC3)cc2s1. The third-order valence-electron chi connectivity index (χ3n) is 5.38. The molecule has 0 aliphatic carbocycles. The minimum absolute atomic E-state index is 0.0415. The van der Waals surface area contributed by atoms with E-state index < -0.39 is 10.8 Å². The molecule has 1 fully saturated rings. The Hall–Kier alpha value is -3.68. The van der Waals surface area contributed by atoms with E-state index >= 15 is 0 Å². The van der Waals surface area contributed by atoms with Crippen molar-refractivity contribution in [3.8, 4) is 0 Å². The molecule has 36 heavy (non-hydrogen) atoms. The van der Waals surface area contributed by atoms with E-state index in [1.807, 2.05) is 17.9 Å². The summed E-state index contributed by atoms with van der Waals surface area (Å²) in [5.41, 5.74) is 1.89. The van der Waals surface area contributed by atoms with Gasteiger partial charge in [0.15, 0.2) is 10.2 Å². The Morgan fingerprint density at radius 3 is 2.69 bits per heavy atom. The van der Waals surface area contributed by atoms with E-state index in [9.17, 15) is 19.7 Å². The van der Waals surface area contributed by atoms with Gasteiger partial charge < -0.3 is 20.3 Å². The largest absolute Gasteiger partial charge is 0.378 e. The Kier molecular flexibility index (Phi) is 8.03. The molecule has 0 saturated carbocycles. The van der Waals surface area contributed by atoms with Crippen LogP contribution in [0.4, 0.5) is 22.2 Å². The molecule has 2 heterocycles. The summed E-state index contributed by atoms with van der Waals surface area (Å²) in [5.74, 6) is -0.645. The zero-order valence-electron chi connectivity index (χ0n) is 19.4. The predicted molar refractivity (Wildman–Crippen MR) is 143 cm³/mol. The molecule has 0 bridgehead atoms. The summed E-state index contributed by atoms with van der Waals surface area (Å²) in [7, 11) is 0. The molecule has 3 N–H and O–H groups in total. The Bertz CT molecular complexity index is 1320. The number of amides is 2. The van der Waals surface area contributed by atoms with E-state index in [0.717, 1.165) is 16.6 Å². The molecule has 0 atom stereocenters. The molecule has 11 nitrogen and oxygen atoms in total. The number of nitro groups is 1. The van der Waals surface area contributed by atoms with Crippen molar-refractivity contribution in [2.24, 2.45) is 0 Å². The summed E-state index contributed by atoms with van der Waals surface area (Å²) < 4.78 is 6.20. The summed E-state index contributed by atoms with van der Waals surface area (Å²) >= 11 is 6.66. The zero-order chi connectivity index (χ0) is 25.7. The maximum absolute atomic E-state index is 13.1. The maximum atomic E-state index is 13.1. The van der Waals surface area contributed by atoms with Crippen LogP contribution in [0.2, 0.25) is 0 Å². The first-order valence-corrected chi connectivity index (χ1v) is 12.5. The van der Waals surface area contributed by atoms with Gasteiger partial charge in [0.25, 0.3) is 11.6 Å². The Balaban J connectivity index is 1.47. The molecule has 1 aliphatic heterocycles. The zero-order valence-corrected chi connectivity index (χ0v) is 21.0. The number of benzene rings is 2. The number of non-ortho nitro benzene ring substituents is 1. The molecule has 0 radical (unpaired) electrons. The molecule has 13 heteroatoms. The highest BCUT2D eigenvalue weighted by Gasteiger charge is 2.22. The van der Waals surface area contributed by atoms with Crippen molar-refractivity contribution in [2.45, 2.75) is 19.8 Å². The fourth-order valence-electron chi connectivity index (χ4n) is 3.70. The van der Waals surface area contributed by atoms with Crippen molar-refractivity contribution in [3.05, 3.63) is 52.1 Å². The van der Waals surface area contributed by atoms with Crippen molar-refractivity contribution >= 4 is 72.9 Å². The normalized spacial score (nSPS) is 13.3. The number of morpholine rings is 1. The number of nitro benzene ring substituents is 1.